The molecule has 1 aliphatic carbocycles. The number of carbonyl (C=O) groups is 1. The monoisotopic (exact) mass is 473 g/mol. The van der Waals surface area contributed by atoms with Crippen LogP contribution in [0.2, 0.25) is 0 Å². The summed E-state index contributed by atoms with van der Waals surface area (Å²) in [6.45, 7) is 6.31. The second-order valence-corrected chi connectivity index (χ2v) is 9.28. The van der Waals surface area contributed by atoms with Crippen molar-refractivity contribution in [3.05, 3.63) is 36.0 Å². The minimum Gasteiger partial charge on any atom is -0.436 e. The quantitative estimate of drug-likeness (QED) is 0.435. The molecule has 1 saturated carbocycles. The standard InChI is InChI=1S/C25H27N7O3/c1-14-9-16(14)24(33)29-21-11-17-18(12-27-23(26-2)22(17)31-30-21)25-28-19-10-15(3-4-20(19)35-25)13-32-5-7-34-8-6-32/h3-4,10-12,14,16H,5-9,13H2,1-2H3,(H,26,27)(H,29,30,33)/t14-,16+/m1/s1. The van der Waals surface area contributed by atoms with Gasteiger partial charge in [-0.2, -0.15) is 0 Å². The average Bonchev–Trinajstić information content (AvgIpc) is 3.47. The highest BCUT2D eigenvalue weighted by atomic mass is 16.5. The van der Waals surface area contributed by atoms with Gasteiger partial charge in [0.05, 0.1) is 18.8 Å². The first kappa shape index (κ1) is 21.9. The molecular formula is C25H27N7O3. The lowest BCUT2D eigenvalue weighted by Gasteiger charge is -2.26. The van der Waals surface area contributed by atoms with Gasteiger partial charge < -0.3 is 19.8 Å². The summed E-state index contributed by atoms with van der Waals surface area (Å²) >= 11 is 0. The summed E-state index contributed by atoms with van der Waals surface area (Å²) in [6.07, 6.45) is 2.62. The van der Waals surface area contributed by atoms with Crippen LogP contribution in [0.3, 0.4) is 0 Å². The topological polar surface area (TPSA) is 118 Å². The van der Waals surface area contributed by atoms with Gasteiger partial charge >= 0.3 is 0 Å². The summed E-state index contributed by atoms with van der Waals surface area (Å²) in [6, 6.07) is 7.91. The van der Waals surface area contributed by atoms with E-state index >= 15 is 0 Å². The van der Waals surface area contributed by atoms with Crippen molar-refractivity contribution in [2.24, 2.45) is 11.8 Å². The Morgan fingerprint density at radius 2 is 2.03 bits per heavy atom. The van der Waals surface area contributed by atoms with Crippen molar-refractivity contribution < 1.29 is 13.9 Å². The summed E-state index contributed by atoms with van der Waals surface area (Å²) < 4.78 is 11.6. The zero-order valence-electron chi connectivity index (χ0n) is 19.7. The molecule has 2 N–H and O–H groups in total. The molecule has 0 unspecified atom stereocenters. The molecule has 3 aromatic heterocycles. The third-order valence-electron chi connectivity index (χ3n) is 6.76. The SMILES string of the molecule is CNc1ncc(-c2nc3cc(CN4CCOCC4)ccc3o2)c2cc(NC(=O)[C@H]3C[C@H]3C)nnc12. The number of aromatic nitrogens is 4. The third kappa shape index (κ3) is 4.30. The summed E-state index contributed by atoms with van der Waals surface area (Å²) in [4.78, 5) is 24.1. The van der Waals surface area contributed by atoms with Crippen LogP contribution in [0, 0.1) is 11.8 Å². The van der Waals surface area contributed by atoms with Crippen molar-refractivity contribution in [3.8, 4) is 11.5 Å². The fourth-order valence-electron chi connectivity index (χ4n) is 4.56. The van der Waals surface area contributed by atoms with Gasteiger partial charge in [0.2, 0.25) is 11.8 Å². The normalized spacial score (nSPS) is 20.3. The number of pyridine rings is 1. The number of hydrogen-bond donors (Lipinski definition) is 2. The number of hydrogen-bond acceptors (Lipinski definition) is 9. The number of benzene rings is 1. The number of rotatable bonds is 6. The maximum absolute atomic E-state index is 12.4. The van der Waals surface area contributed by atoms with Gasteiger partial charge in [0.1, 0.15) is 11.0 Å². The van der Waals surface area contributed by atoms with Crippen LogP contribution in [-0.4, -0.2) is 64.3 Å². The van der Waals surface area contributed by atoms with E-state index in [1.165, 1.54) is 5.56 Å². The van der Waals surface area contributed by atoms with E-state index in [1.807, 2.05) is 12.1 Å². The van der Waals surface area contributed by atoms with Crippen LogP contribution >= 0.6 is 0 Å². The smallest absolute Gasteiger partial charge is 0.229 e. The molecule has 10 nitrogen and oxygen atoms in total. The maximum Gasteiger partial charge on any atom is 0.229 e. The zero-order chi connectivity index (χ0) is 23.9. The highest BCUT2D eigenvalue weighted by Gasteiger charge is 2.39. The molecule has 2 atom stereocenters. The molecule has 10 heteroatoms. The number of carbonyl (C=O) groups excluding carboxylic acids is 1. The van der Waals surface area contributed by atoms with Crippen LogP contribution in [0.1, 0.15) is 18.9 Å². The minimum atomic E-state index is -0.0229. The number of oxazole rings is 1. The lowest BCUT2D eigenvalue weighted by atomic mass is 10.1. The number of anilines is 2. The number of fused-ring (bicyclic) bond motifs is 2. The highest BCUT2D eigenvalue weighted by molar-refractivity contribution is 6.01. The van der Waals surface area contributed by atoms with E-state index in [0.29, 0.717) is 40.1 Å². The van der Waals surface area contributed by atoms with E-state index in [-0.39, 0.29) is 11.8 Å². The molecule has 180 valence electrons. The predicted molar refractivity (Wildman–Crippen MR) is 132 cm³/mol. The van der Waals surface area contributed by atoms with E-state index in [0.717, 1.165) is 50.2 Å². The zero-order valence-corrected chi connectivity index (χ0v) is 19.7. The molecule has 2 fully saturated rings. The molecule has 35 heavy (non-hydrogen) atoms. The van der Waals surface area contributed by atoms with Crippen molar-refractivity contribution in [2.75, 3.05) is 44.0 Å². The maximum atomic E-state index is 12.4. The van der Waals surface area contributed by atoms with Crippen LogP contribution < -0.4 is 10.6 Å². The van der Waals surface area contributed by atoms with Crippen molar-refractivity contribution in [3.63, 3.8) is 0 Å². The molecule has 0 spiro atoms. The lowest BCUT2D eigenvalue weighted by Crippen LogP contribution is -2.35. The van der Waals surface area contributed by atoms with Crippen LogP contribution in [-0.2, 0) is 16.1 Å². The first-order valence-electron chi connectivity index (χ1n) is 11.9. The molecule has 1 amide bonds. The summed E-state index contributed by atoms with van der Waals surface area (Å²) in [5.74, 6) is 1.87. The Morgan fingerprint density at radius 1 is 1.20 bits per heavy atom. The Hall–Kier alpha value is -3.63. The van der Waals surface area contributed by atoms with Gasteiger partial charge in [0.25, 0.3) is 0 Å². The first-order chi connectivity index (χ1) is 17.1. The number of nitrogens with one attached hydrogen (secondary N) is 2. The molecule has 4 heterocycles. The Bertz CT molecular complexity index is 1410. The Balaban J connectivity index is 1.35. The molecular weight excluding hydrogens is 446 g/mol. The Kier molecular flexibility index (Phi) is 5.54. The van der Waals surface area contributed by atoms with Crippen LogP contribution in [0.5, 0.6) is 0 Å². The molecule has 1 aliphatic heterocycles. The summed E-state index contributed by atoms with van der Waals surface area (Å²) in [7, 11) is 1.78. The van der Waals surface area contributed by atoms with Gasteiger partial charge in [-0.25, -0.2) is 9.97 Å². The van der Waals surface area contributed by atoms with Crippen molar-refractivity contribution >= 4 is 39.5 Å². The van der Waals surface area contributed by atoms with E-state index in [1.54, 1.807) is 13.2 Å². The van der Waals surface area contributed by atoms with Gasteiger partial charge in [0, 0.05) is 44.2 Å². The van der Waals surface area contributed by atoms with E-state index in [9.17, 15) is 4.79 Å². The van der Waals surface area contributed by atoms with E-state index in [2.05, 4.69) is 49.8 Å². The lowest BCUT2D eigenvalue weighted by molar-refractivity contribution is -0.117. The van der Waals surface area contributed by atoms with Crippen molar-refractivity contribution in [1.29, 1.82) is 0 Å². The second-order valence-electron chi connectivity index (χ2n) is 9.28. The Morgan fingerprint density at radius 3 is 2.80 bits per heavy atom. The second kappa shape index (κ2) is 8.86. The number of amides is 1. The molecule has 4 aromatic rings. The number of morpholine rings is 1. The molecule has 0 bridgehead atoms. The van der Waals surface area contributed by atoms with Crippen LogP contribution in [0.25, 0.3) is 33.5 Å². The van der Waals surface area contributed by atoms with Gasteiger partial charge in [-0.3, -0.25) is 9.69 Å². The molecule has 6 rings (SSSR count). The molecule has 1 saturated heterocycles. The van der Waals surface area contributed by atoms with Crippen molar-refractivity contribution in [2.45, 2.75) is 19.9 Å². The fraction of sp³-hybridized carbons (Fsp3) is 0.400. The largest absolute Gasteiger partial charge is 0.436 e. The minimum absolute atomic E-state index is 0.0229. The number of ether oxygens (including phenoxy) is 1. The van der Waals surface area contributed by atoms with Gasteiger partial charge in [-0.05, 0) is 36.1 Å². The summed E-state index contributed by atoms with van der Waals surface area (Å²) in [5.41, 5.74) is 3.94. The molecule has 1 aromatic carbocycles. The van der Waals surface area contributed by atoms with E-state index in [4.69, 9.17) is 14.1 Å². The summed E-state index contributed by atoms with van der Waals surface area (Å²) in [5, 5.41) is 15.3. The van der Waals surface area contributed by atoms with Crippen LogP contribution in [0.4, 0.5) is 11.6 Å². The highest BCUT2D eigenvalue weighted by Crippen LogP contribution is 2.39. The first-order valence-corrected chi connectivity index (χ1v) is 11.9. The number of nitrogens with zero attached hydrogens (tertiary/aromatic N) is 5. The van der Waals surface area contributed by atoms with E-state index < -0.39 is 0 Å². The fourth-order valence-corrected chi connectivity index (χ4v) is 4.56. The van der Waals surface area contributed by atoms with Gasteiger partial charge in [-0.15, -0.1) is 10.2 Å². The van der Waals surface area contributed by atoms with Gasteiger partial charge in [0.15, 0.2) is 17.2 Å². The average molecular weight is 474 g/mol. The van der Waals surface area contributed by atoms with Gasteiger partial charge in [-0.1, -0.05) is 13.0 Å². The predicted octanol–water partition coefficient (Wildman–Crippen LogP) is 3.30. The molecule has 0 radical (unpaired) electrons. The Labute approximate surface area is 202 Å². The third-order valence-corrected chi connectivity index (χ3v) is 6.76. The van der Waals surface area contributed by atoms with Crippen molar-refractivity contribution in [1.82, 2.24) is 25.1 Å². The molecule has 2 aliphatic rings. The van der Waals surface area contributed by atoms with Crippen LogP contribution in [0.15, 0.2) is 34.9 Å².